The Bertz CT molecular complexity index is 506. The van der Waals surface area contributed by atoms with Crippen LogP contribution in [0.5, 0.6) is 0 Å². The Labute approximate surface area is 121 Å². The molecule has 6 nitrogen and oxygen atoms in total. The molecule has 2 N–H and O–H groups in total. The molecule has 1 aromatic heterocycles. The van der Waals surface area contributed by atoms with Gasteiger partial charge in [-0.15, -0.1) is 0 Å². The van der Waals surface area contributed by atoms with Crippen LogP contribution in [-0.4, -0.2) is 28.1 Å². The lowest BCUT2D eigenvalue weighted by Gasteiger charge is -2.34. The Morgan fingerprint density at radius 1 is 1.55 bits per heavy atom. The second kappa shape index (κ2) is 5.88. The minimum atomic E-state index is -0.842. The van der Waals surface area contributed by atoms with Crippen molar-refractivity contribution in [2.75, 3.05) is 6.54 Å². The van der Waals surface area contributed by atoms with E-state index < -0.39 is 10.5 Å². The lowest BCUT2D eigenvalue weighted by atomic mass is 9.79. The monoisotopic (exact) mass is 298 g/mol. The number of amides is 1. The van der Waals surface area contributed by atoms with Crippen LogP contribution in [0.3, 0.4) is 0 Å². The van der Waals surface area contributed by atoms with Crippen LogP contribution in [0, 0.1) is 16.0 Å². The van der Waals surface area contributed by atoms with Gasteiger partial charge in [0.05, 0.1) is 15.4 Å². The van der Waals surface area contributed by atoms with E-state index in [9.17, 15) is 20.0 Å². The van der Waals surface area contributed by atoms with E-state index in [0.29, 0.717) is 23.6 Å². The van der Waals surface area contributed by atoms with Crippen LogP contribution in [-0.2, 0) is 0 Å². The largest absolute Gasteiger partial charge is 0.388 e. The Balaban J connectivity index is 1.89. The Morgan fingerprint density at radius 3 is 2.75 bits per heavy atom. The Morgan fingerprint density at radius 2 is 2.20 bits per heavy atom. The summed E-state index contributed by atoms with van der Waals surface area (Å²) in [4.78, 5) is 22.2. The average molecular weight is 298 g/mol. The Kier molecular flexibility index (Phi) is 4.39. The zero-order valence-electron chi connectivity index (χ0n) is 11.3. The van der Waals surface area contributed by atoms with E-state index in [0.717, 1.165) is 24.2 Å². The van der Waals surface area contributed by atoms with Crippen LogP contribution >= 0.6 is 11.3 Å². The van der Waals surface area contributed by atoms with Crippen molar-refractivity contribution in [3.05, 3.63) is 27.1 Å². The Hall–Kier alpha value is -1.47. The molecule has 0 atom stereocenters. The number of rotatable bonds is 4. The average Bonchev–Trinajstić information content (AvgIpc) is 2.90. The minimum Gasteiger partial charge on any atom is -0.388 e. The van der Waals surface area contributed by atoms with Gasteiger partial charge in [0.2, 0.25) is 0 Å². The lowest BCUT2D eigenvalue weighted by molar-refractivity contribution is -0.380. The molecule has 1 aliphatic rings. The number of aliphatic hydroxyl groups is 1. The molecule has 7 heteroatoms. The van der Waals surface area contributed by atoms with Gasteiger partial charge in [0, 0.05) is 12.6 Å². The third-order valence-corrected chi connectivity index (χ3v) is 4.81. The SMILES string of the molecule is CC1CCC(O)(CNC(=O)c2ccc([N+](=O)[O-])s2)CC1. The fraction of sp³-hybridized carbons (Fsp3) is 0.615. The maximum Gasteiger partial charge on any atom is 0.324 e. The summed E-state index contributed by atoms with van der Waals surface area (Å²) in [5.74, 6) is 0.251. The molecule has 0 spiro atoms. The molecule has 110 valence electrons. The van der Waals surface area contributed by atoms with Gasteiger partial charge in [0.1, 0.15) is 0 Å². The molecule has 0 aromatic carbocycles. The minimum absolute atomic E-state index is 0.0552. The van der Waals surface area contributed by atoms with E-state index in [1.807, 2.05) is 0 Å². The first-order chi connectivity index (χ1) is 9.39. The van der Waals surface area contributed by atoms with E-state index in [4.69, 9.17) is 0 Å². The lowest BCUT2D eigenvalue weighted by Crippen LogP contribution is -2.45. The second-order valence-corrected chi connectivity index (χ2v) is 6.55. The van der Waals surface area contributed by atoms with Crippen LogP contribution < -0.4 is 5.32 Å². The summed E-state index contributed by atoms with van der Waals surface area (Å²) in [5, 5.41) is 23.5. The number of carbonyl (C=O) groups is 1. The van der Waals surface area contributed by atoms with Crippen LogP contribution in [0.25, 0.3) is 0 Å². The number of thiophene rings is 1. The molecule has 0 radical (unpaired) electrons. The second-order valence-electron chi connectivity index (χ2n) is 5.48. The number of hydrogen-bond acceptors (Lipinski definition) is 5. The van der Waals surface area contributed by atoms with Gasteiger partial charge in [0.15, 0.2) is 0 Å². The van der Waals surface area contributed by atoms with Crippen molar-refractivity contribution in [2.24, 2.45) is 5.92 Å². The van der Waals surface area contributed by atoms with Gasteiger partial charge < -0.3 is 10.4 Å². The summed E-state index contributed by atoms with van der Waals surface area (Å²) in [6.45, 7) is 2.35. The van der Waals surface area contributed by atoms with Gasteiger partial charge in [-0.3, -0.25) is 14.9 Å². The number of nitrogens with zero attached hydrogens (tertiary/aromatic N) is 1. The molecule has 0 unspecified atom stereocenters. The summed E-state index contributed by atoms with van der Waals surface area (Å²) >= 11 is 0.842. The van der Waals surface area contributed by atoms with Crippen molar-refractivity contribution in [2.45, 2.75) is 38.2 Å². The molecule has 0 aliphatic heterocycles. The highest BCUT2D eigenvalue weighted by atomic mass is 32.1. The van der Waals surface area contributed by atoms with E-state index in [1.165, 1.54) is 12.1 Å². The molecule has 1 aromatic rings. The van der Waals surface area contributed by atoms with Crippen molar-refractivity contribution in [1.29, 1.82) is 0 Å². The van der Waals surface area contributed by atoms with Gasteiger partial charge in [0.25, 0.3) is 5.91 Å². The van der Waals surface area contributed by atoms with Gasteiger partial charge >= 0.3 is 5.00 Å². The van der Waals surface area contributed by atoms with Gasteiger partial charge in [-0.25, -0.2) is 0 Å². The fourth-order valence-corrected chi connectivity index (χ4v) is 3.09. The van der Waals surface area contributed by atoms with Crippen molar-refractivity contribution < 1.29 is 14.8 Å². The van der Waals surface area contributed by atoms with E-state index in [1.54, 1.807) is 0 Å². The molecule has 1 saturated carbocycles. The molecule has 1 heterocycles. The number of carbonyl (C=O) groups excluding carboxylic acids is 1. The zero-order valence-corrected chi connectivity index (χ0v) is 12.1. The first kappa shape index (κ1) is 14.9. The molecule has 1 aliphatic carbocycles. The van der Waals surface area contributed by atoms with E-state index >= 15 is 0 Å². The summed E-state index contributed by atoms with van der Waals surface area (Å²) < 4.78 is 0. The molecule has 20 heavy (non-hydrogen) atoms. The molecule has 0 saturated heterocycles. The first-order valence-electron chi connectivity index (χ1n) is 6.64. The van der Waals surface area contributed by atoms with Crippen LogP contribution in [0.1, 0.15) is 42.3 Å². The van der Waals surface area contributed by atoms with E-state index in [-0.39, 0.29) is 17.5 Å². The molecular formula is C13H18N2O4S. The maximum absolute atomic E-state index is 11.9. The summed E-state index contributed by atoms with van der Waals surface area (Å²) in [6.07, 6.45) is 3.27. The smallest absolute Gasteiger partial charge is 0.324 e. The van der Waals surface area contributed by atoms with Crippen LogP contribution in [0.2, 0.25) is 0 Å². The summed E-state index contributed by atoms with van der Waals surface area (Å²) in [7, 11) is 0. The standard InChI is InChI=1S/C13H18N2O4S/c1-9-4-6-13(17,7-5-9)8-14-12(16)10-2-3-11(20-10)15(18)19/h2-3,9,17H,4-8H2,1H3,(H,14,16). The highest BCUT2D eigenvalue weighted by molar-refractivity contribution is 7.17. The van der Waals surface area contributed by atoms with Gasteiger partial charge in [-0.1, -0.05) is 18.3 Å². The quantitative estimate of drug-likeness (QED) is 0.659. The summed E-state index contributed by atoms with van der Waals surface area (Å²) in [6, 6.07) is 2.75. The maximum atomic E-state index is 11.9. The highest BCUT2D eigenvalue weighted by Crippen LogP contribution is 2.31. The molecule has 1 fully saturated rings. The van der Waals surface area contributed by atoms with Crippen LogP contribution in [0.4, 0.5) is 5.00 Å². The first-order valence-corrected chi connectivity index (χ1v) is 7.46. The number of nitro groups is 1. The van der Waals surface area contributed by atoms with Crippen molar-refractivity contribution in [3.63, 3.8) is 0 Å². The fourth-order valence-electron chi connectivity index (χ4n) is 2.36. The third-order valence-electron chi connectivity index (χ3n) is 3.78. The van der Waals surface area contributed by atoms with Crippen molar-refractivity contribution >= 4 is 22.2 Å². The predicted octanol–water partition coefficient (Wildman–Crippen LogP) is 2.33. The van der Waals surface area contributed by atoms with Crippen molar-refractivity contribution in [1.82, 2.24) is 5.32 Å². The summed E-state index contributed by atoms with van der Waals surface area (Å²) in [5.41, 5.74) is -0.842. The topological polar surface area (TPSA) is 92.5 Å². The predicted molar refractivity (Wildman–Crippen MR) is 75.9 cm³/mol. The highest BCUT2D eigenvalue weighted by Gasteiger charge is 2.32. The molecule has 2 rings (SSSR count). The number of nitrogens with one attached hydrogen (secondary N) is 1. The van der Waals surface area contributed by atoms with Gasteiger partial charge in [-0.05, 0) is 37.7 Å². The van der Waals surface area contributed by atoms with Crippen molar-refractivity contribution in [3.8, 4) is 0 Å². The normalized spacial score (nSPS) is 26.2. The van der Waals surface area contributed by atoms with Gasteiger partial charge in [-0.2, -0.15) is 0 Å². The number of hydrogen-bond donors (Lipinski definition) is 2. The van der Waals surface area contributed by atoms with Crippen LogP contribution in [0.15, 0.2) is 12.1 Å². The zero-order chi connectivity index (χ0) is 14.8. The van der Waals surface area contributed by atoms with E-state index in [2.05, 4.69) is 12.2 Å². The molecular weight excluding hydrogens is 280 g/mol. The third kappa shape index (κ3) is 3.55. The molecule has 0 bridgehead atoms. The molecule has 1 amide bonds.